The van der Waals surface area contributed by atoms with E-state index in [9.17, 15) is 21.6 Å². The van der Waals surface area contributed by atoms with Gasteiger partial charge in [0.05, 0.1) is 16.8 Å². The van der Waals surface area contributed by atoms with Gasteiger partial charge >= 0.3 is 0 Å². The minimum absolute atomic E-state index is 0.0224. The van der Waals surface area contributed by atoms with Crippen molar-refractivity contribution in [2.75, 3.05) is 27.1 Å². The highest BCUT2D eigenvalue weighted by atomic mass is 79.9. The normalized spacial score (nSPS) is 11.6. The van der Waals surface area contributed by atoms with Crippen LogP contribution in [0.2, 0.25) is 0 Å². The number of hydrogen-bond acceptors (Lipinski definition) is 5. The van der Waals surface area contributed by atoms with Crippen LogP contribution in [0.3, 0.4) is 0 Å². The summed E-state index contributed by atoms with van der Waals surface area (Å²) in [7, 11) is -7.53. The van der Waals surface area contributed by atoms with Crippen LogP contribution in [0, 0.1) is 13.8 Å². The van der Waals surface area contributed by atoms with E-state index in [-0.39, 0.29) is 4.90 Å². The maximum Gasteiger partial charge on any atom is 0.261 e. The van der Waals surface area contributed by atoms with Gasteiger partial charge in [-0.05, 0) is 74.0 Å². The second kappa shape index (κ2) is 10.2. The summed E-state index contributed by atoms with van der Waals surface area (Å²) in [5.41, 5.74) is 2.96. The first-order chi connectivity index (χ1) is 15.8. The molecule has 0 spiro atoms. The molecule has 0 saturated carbocycles. The maximum atomic E-state index is 12.6. The van der Waals surface area contributed by atoms with Crippen LogP contribution in [0.5, 0.6) is 0 Å². The third kappa shape index (κ3) is 6.58. The van der Waals surface area contributed by atoms with Crippen LogP contribution in [0.15, 0.2) is 76.1 Å². The lowest BCUT2D eigenvalue weighted by Gasteiger charge is -2.22. The number of aryl methyl sites for hydroxylation is 2. The fourth-order valence-electron chi connectivity index (χ4n) is 3.07. The number of nitrogens with one attached hydrogen (secondary N) is 2. The molecule has 1 amide bonds. The Labute approximate surface area is 208 Å². The van der Waals surface area contributed by atoms with E-state index in [0.717, 1.165) is 26.2 Å². The van der Waals surface area contributed by atoms with Crippen molar-refractivity contribution < 1.29 is 21.6 Å². The predicted octanol–water partition coefficient (Wildman–Crippen LogP) is 4.27. The van der Waals surface area contributed by atoms with Crippen LogP contribution in [0.1, 0.15) is 11.1 Å². The third-order valence-corrected chi connectivity index (χ3v) is 8.30. The number of carbonyl (C=O) groups is 1. The van der Waals surface area contributed by atoms with E-state index in [4.69, 9.17) is 0 Å². The molecule has 0 aliphatic rings. The third-order valence-electron chi connectivity index (χ3n) is 4.87. The van der Waals surface area contributed by atoms with Gasteiger partial charge in [0.2, 0.25) is 15.9 Å². The van der Waals surface area contributed by atoms with Gasteiger partial charge in [0, 0.05) is 15.8 Å². The Morgan fingerprint density at radius 3 is 2.03 bits per heavy atom. The van der Waals surface area contributed by atoms with Crippen LogP contribution in [-0.4, -0.2) is 35.5 Å². The molecule has 0 radical (unpaired) electrons. The molecule has 0 saturated heterocycles. The molecule has 34 heavy (non-hydrogen) atoms. The minimum Gasteiger partial charge on any atom is -0.325 e. The van der Waals surface area contributed by atoms with Crippen molar-refractivity contribution in [2.24, 2.45) is 0 Å². The number of hydrogen-bond donors (Lipinski definition) is 2. The number of amides is 1. The van der Waals surface area contributed by atoms with Crippen molar-refractivity contribution in [3.63, 3.8) is 0 Å². The van der Waals surface area contributed by atoms with E-state index in [0.29, 0.717) is 17.1 Å². The van der Waals surface area contributed by atoms with Crippen molar-refractivity contribution in [3.8, 4) is 0 Å². The van der Waals surface area contributed by atoms with Gasteiger partial charge < -0.3 is 5.32 Å². The molecule has 8 nitrogen and oxygen atoms in total. The first-order valence-electron chi connectivity index (χ1n) is 10.1. The van der Waals surface area contributed by atoms with E-state index >= 15 is 0 Å². The fourth-order valence-corrected chi connectivity index (χ4v) is 5.22. The van der Waals surface area contributed by atoms with Gasteiger partial charge in [-0.15, -0.1) is 0 Å². The van der Waals surface area contributed by atoms with Crippen LogP contribution >= 0.6 is 15.9 Å². The maximum absolute atomic E-state index is 12.6. The second-order valence-corrected chi connectivity index (χ2v) is 12.2. The highest BCUT2D eigenvalue weighted by Crippen LogP contribution is 2.25. The van der Waals surface area contributed by atoms with Crippen molar-refractivity contribution >= 4 is 58.9 Å². The first kappa shape index (κ1) is 25.7. The quantitative estimate of drug-likeness (QED) is 0.423. The van der Waals surface area contributed by atoms with Crippen molar-refractivity contribution in [3.05, 3.63) is 82.3 Å². The standard InChI is InChI=1S/C23H24BrN3O5S2/c1-16-4-6-19(7-5-16)26-34(31,32)21-11-8-18(9-12-21)25-23(28)15-27(33(3,29)30)20-10-13-22(24)17(2)14-20/h4-14,26H,15H2,1-3H3,(H,25,28). The zero-order valence-corrected chi connectivity index (χ0v) is 22.0. The van der Waals surface area contributed by atoms with Gasteiger partial charge in [0.25, 0.3) is 10.0 Å². The minimum atomic E-state index is -3.81. The Hall–Kier alpha value is -2.89. The second-order valence-electron chi connectivity index (χ2n) is 7.75. The Bertz CT molecular complexity index is 1410. The fraction of sp³-hybridized carbons (Fsp3) is 0.174. The zero-order valence-electron chi connectivity index (χ0n) is 18.7. The highest BCUT2D eigenvalue weighted by Gasteiger charge is 2.22. The molecule has 3 rings (SSSR count). The smallest absolute Gasteiger partial charge is 0.261 e. The average molecular weight is 566 g/mol. The predicted molar refractivity (Wildman–Crippen MR) is 138 cm³/mol. The SMILES string of the molecule is Cc1ccc(NS(=O)(=O)c2ccc(NC(=O)CN(c3ccc(Br)c(C)c3)S(C)(=O)=O)cc2)cc1. The Morgan fingerprint density at radius 2 is 1.47 bits per heavy atom. The van der Waals surface area contributed by atoms with Gasteiger partial charge in [0.15, 0.2) is 0 Å². The molecule has 0 unspecified atom stereocenters. The van der Waals surface area contributed by atoms with Gasteiger partial charge in [-0.1, -0.05) is 33.6 Å². The van der Waals surface area contributed by atoms with Gasteiger partial charge in [0.1, 0.15) is 6.54 Å². The number of carbonyl (C=O) groups excluding carboxylic acids is 1. The topological polar surface area (TPSA) is 113 Å². The summed E-state index contributed by atoms with van der Waals surface area (Å²) in [6, 6.07) is 17.5. The summed E-state index contributed by atoms with van der Waals surface area (Å²) in [6.07, 6.45) is 1.03. The molecule has 0 aliphatic heterocycles. The molecular weight excluding hydrogens is 542 g/mol. The molecule has 0 atom stereocenters. The zero-order chi connectivity index (χ0) is 25.1. The van der Waals surface area contributed by atoms with Gasteiger partial charge in [-0.25, -0.2) is 16.8 Å². The molecule has 0 fully saturated rings. The number of rotatable bonds is 8. The first-order valence-corrected chi connectivity index (χ1v) is 14.2. The number of anilines is 3. The van der Waals surface area contributed by atoms with E-state index in [1.54, 1.807) is 42.5 Å². The summed E-state index contributed by atoms with van der Waals surface area (Å²) in [5, 5.41) is 2.61. The summed E-state index contributed by atoms with van der Waals surface area (Å²) in [4.78, 5) is 12.6. The van der Waals surface area contributed by atoms with Crippen LogP contribution in [-0.2, 0) is 24.8 Å². The lowest BCUT2D eigenvalue weighted by atomic mass is 10.2. The highest BCUT2D eigenvalue weighted by molar-refractivity contribution is 9.10. The van der Waals surface area contributed by atoms with Crippen molar-refractivity contribution in [1.29, 1.82) is 0 Å². The molecule has 11 heteroatoms. The summed E-state index contributed by atoms with van der Waals surface area (Å²) < 4.78 is 54.1. The number of halogens is 1. The summed E-state index contributed by atoms with van der Waals surface area (Å²) in [5.74, 6) is -0.570. The molecule has 0 aromatic heterocycles. The Kier molecular flexibility index (Phi) is 7.69. The monoisotopic (exact) mass is 565 g/mol. The molecule has 3 aromatic carbocycles. The van der Waals surface area contributed by atoms with Crippen molar-refractivity contribution in [1.82, 2.24) is 0 Å². The Balaban J connectivity index is 1.71. The molecule has 3 aromatic rings. The van der Waals surface area contributed by atoms with Crippen LogP contribution in [0.4, 0.5) is 17.1 Å². The van der Waals surface area contributed by atoms with Crippen molar-refractivity contribution in [2.45, 2.75) is 18.7 Å². The summed E-state index contributed by atoms with van der Waals surface area (Å²) in [6.45, 7) is 3.28. The molecule has 0 heterocycles. The van der Waals surface area contributed by atoms with E-state index in [1.807, 2.05) is 13.8 Å². The van der Waals surface area contributed by atoms with E-state index < -0.39 is 32.5 Å². The Morgan fingerprint density at radius 1 is 0.882 bits per heavy atom. The summed E-state index contributed by atoms with van der Waals surface area (Å²) >= 11 is 3.37. The van der Waals surface area contributed by atoms with Crippen LogP contribution in [0.25, 0.3) is 0 Å². The van der Waals surface area contributed by atoms with Crippen LogP contribution < -0.4 is 14.3 Å². The van der Waals surface area contributed by atoms with Gasteiger partial charge in [-0.3, -0.25) is 13.8 Å². The lowest BCUT2D eigenvalue weighted by molar-refractivity contribution is -0.114. The largest absolute Gasteiger partial charge is 0.325 e. The molecule has 0 bridgehead atoms. The number of benzene rings is 3. The average Bonchev–Trinajstić information content (AvgIpc) is 2.75. The van der Waals surface area contributed by atoms with E-state index in [1.165, 1.54) is 24.3 Å². The molecule has 180 valence electrons. The lowest BCUT2D eigenvalue weighted by Crippen LogP contribution is -2.37. The molecule has 0 aliphatic carbocycles. The van der Waals surface area contributed by atoms with E-state index in [2.05, 4.69) is 26.0 Å². The van der Waals surface area contributed by atoms with Gasteiger partial charge in [-0.2, -0.15) is 0 Å². The molecule has 2 N–H and O–H groups in total. The number of sulfonamides is 2. The molecular formula is C23H24BrN3O5S2. The number of nitrogens with zero attached hydrogens (tertiary/aromatic N) is 1.